The summed E-state index contributed by atoms with van der Waals surface area (Å²) in [6.07, 6.45) is 2.69. The van der Waals surface area contributed by atoms with E-state index in [0.717, 1.165) is 24.9 Å². The summed E-state index contributed by atoms with van der Waals surface area (Å²) in [4.78, 5) is 3.63. The largest absolute Gasteiger partial charge is 0.310 e. The van der Waals surface area contributed by atoms with Gasteiger partial charge in [-0.05, 0) is 44.6 Å². The van der Waals surface area contributed by atoms with Crippen molar-refractivity contribution < 1.29 is 0 Å². The Hall–Kier alpha value is -0.0300. The van der Waals surface area contributed by atoms with Gasteiger partial charge in [0.2, 0.25) is 0 Å². The van der Waals surface area contributed by atoms with Gasteiger partial charge in [-0.25, -0.2) is 0 Å². The van der Waals surface area contributed by atoms with E-state index in [1.54, 1.807) is 0 Å². The maximum Gasteiger partial charge on any atom is 0.0219 e. The summed E-state index contributed by atoms with van der Waals surface area (Å²) in [5.74, 6) is 1.14. The number of benzene rings is 1. The van der Waals surface area contributed by atoms with Gasteiger partial charge in [0.25, 0.3) is 0 Å². The number of hydrogen-bond donors (Lipinski definition) is 1. The molecule has 0 unspecified atom stereocenters. The molecule has 2 nitrogen and oxygen atoms in total. The summed E-state index contributed by atoms with van der Waals surface area (Å²) in [6.45, 7) is 2.12. The topological polar surface area (TPSA) is 15.3 Å². The van der Waals surface area contributed by atoms with E-state index in [-0.39, 0.29) is 0 Å². The van der Waals surface area contributed by atoms with E-state index in [1.807, 2.05) is 11.8 Å². The number of nitrogens with one attached hydrogen (secondary N) is 1. The molecule has 1 aromatic rings. The lowest BCUT2D eigenvalue weighted by molar-refractivity contribution is 0.437. The minimum absolute atomic E-state index is 0.772. The summed E-state index contributed by atoms with van der Waals surface area (Å²) in [5, 5.41) is 3.59. The van der Waals surface area contributed by atoms with Crippen LogP contribution in [0.2, 0.25) is 0 Å². The third kappa shape index (κ3) is 4.92. The molecule has 0 saturated heterocycles. The van der Waals surface area contributed by atoms with Crippen LogP contribution < -0.4 is 5.32 Å². The summed E-state index contributed by atoms with van der Waals surface area (Å²) >= 11 is 5.52. The number of halogens is 1. The van der Waals surface area contributed by atoms with Gasteiger partial charge in [0, 0.05) is 34.3 Å². The van der Waals surface area contributed by atoms with E-state index < -0.39 is 0 Å². The molecule has 4 heteroatoms. The van der Waals surface area contributed by atoms with Crippen LogP contribution in [0.4, 0.5) is 0 Å². The van der Waals surface area contributed by atoms with Crippen LogP contribution in [0.3, 0.4) is 0 Å². The lowest BCUT2D eigenvalue weighted by Gasteiger charge is -2.13. The molecule has 100 valence electrons. The molecule has 0 radical (unpaired) electrons. The SMILES string of the molecule is CN(C)CCSc1cc(Br)ccc1CNC1CC1. The number of rotatable bonds is 7. The fourth-order valence-electron chi connectivity index (χ4n) is 1.69. The molecule has 1 aliphatic rings. The van der Waals surface area contributed by atoms with Gasteiger partial charge in [-0.15, -0.1) is 11.8 Å². The van der Waals surface area contributed by atoms with Gasteiger partial charge >= 0.3 is 0 Å². The number of hydrogen-bond acceptors (Lipinski definition) is 3. The van der Waals surface area contributed by atoms with Crippen molar-refractivity contribution in [3.8, 4) is 0 Å². The van der Waals surface area contributed by atoms with Crippen LogP contribution in [0.25, 0.3) is 0 Å². The van der Waals surface area contributed by atoms with Crippen molar-refractivity contribution >= 4 is 27.7 Å². The van der Waals surface area contributed by atoms with E-state index in [4.69, 9.17) is 0 Å². The first-order chi connectivity index (χ1) is 8.65. The van der Waals surface area contributed by atoms with E-state index in [1.165, 1.54) is 27.8 Å². The number of nitrogens with zero attached hydrogens (tertiary/aromatic N) is 1. The predicted molar refractivity (Wildman–Crippen MR) is 83.3 cm³/mol. The smallest absolute Gasteiger partial charge is 0.0219 e. The molecule has 2 rings (SSSR count). The zero-order chi connectivity index (χ0) is 13.0. The molecule has 0 heterocycles. The van der Waals surface area contributed by atoms with Gasteiger partial charge in [0.15, 0.2) is 0 Å². The highest BCUT2D eigenvalue weighted by Crippen LogP contribution is 2.27. The highest BCUT2D eigenvalue weighted by Gasteiger charge is 2.20. The van der Waals surface area contributed by atoms with Gasteiger partial charge in [0.1, 0.15) is 0 Å². The van der Waals surface area contributed by atoms with Crippen LogP contribution in [0.1, 0.15) is 18.4 Å². The minimum Gasteiger partial charge on any atom is -0.310 e. The van der Waals surface area contributed by atoms with Crippen LogP contribution in [0, 0.1) is 0 Å². The zero-order valence-electron chi connectivity index (χ0n) is 11.1. The Bertz CT molecular complexity index is 391. The lowest BCUT2D eigenvalue weighted by atomic mass is 10.2. The predicted octanol–water partition coefficient (Wildman–Crippen LogP) is 3.35. The van der Waals surface area contributed by atoms with E-state index in [0.29, 0.717) is 0 Å². The average Bonchev–Trinajstić information content (AvgIpc) is 3.11. The maximum atomic E-state index is 3.59. The van der Waals surface area contributed by atoms with Crippen molar-refractivity contribution in [2.75, 3.05) is 26.4 Å². The Balaban J connectivity index is 1.93. The second kappa shape index (κ2) is 6.94. The quantitative estimate of drug-likeness (QED) is 0.773. The van der Waals surface area contributed by atoms with Crippen molar-refractivity contribution in [1.82, 2.24) is 10.2 Å². The molecular formula is C14H21BrN2S. The molecule has 0 spiro atoms. The zero-order valence-corrected chi connectivity index (χ0v) is 13.5. The Morgan fingerprint density at radius 1 is 1.39 bits per heavy atom. The molecule has 1 fully saturated rings. The molecular weight excluding hydrogens is 308 g/mol. The van der Waals surface area contributed by atoms with Gasteiger partial charge in [0.05, 0.1) is 0 Å². The second-order valence-electron chi connectivity index (χ2n) is 5.06. The molecule has 1 saturated carbocycles. The van der Waals surface area contributed by atoms with Crippen LogP contribution in [-0.2, 0) is 6.54 Å². The van der Waals surface area contributed by atoms with Gasteiger partial charge < -0.3 is 10.2 Å². The molecule has 1 aliphatic carbocycles. The molecule has 0 aliphatic heterocycles. The lowest BCUT2D eigenvalue weighted by Crippen LogP contribution is -2.16. The fraction of sp³-hybridized carbons (Fsp3) is 0.571. The summed E-state index contributed by atoms with van der Waals surface area (Å²) in [6, 6.07) is 7.38. The monoisotopic (exact) mass is 328 g/mol. The van der Waals surface area contributed by atoms with Crippen LogP contribution in [-0.4, -0.2) is 37.3 Å². The van der Waals surface area contributed by atoms with Crippen LogP contribution >= 0.6 is 27.7 Å². The third-order valence-electron chi connectivity index (χ3n) is 2.98. The highest BCUT2D eigenvalue weighted by atomic mass is 79.9. The Morgan fingerprint density at radius 3 is 2.83 bits per heavy atom. The minimum atomic E-state index is 0.772. The standard InChI is InChI=1S/C14H21BrN2S/c1-17(2)7-8-18-14-9-12(15)4-3-11(14)10-16-13-5-6-13/h3-4,9,13,16H,5-8,10H2,1-2H3. The fourth-order valence-corrected chi connectivity index (χ4v) is 3.41. The molecule has 0 atom stereocenters. The summed E-state index contributed by atoms with van der Waals surface area (Å²) in [5.41, 5.74) is 1.42. The Morgan fingerprint density at radius 2 is 2.17 bits per heavy atom. The Labute approximate surface area is 123 Å². The summed E-state index contributed by atoms with van der Waals surface area (Å²) < 4.78 is 1.17. The molecule has 18 heavy (non-hydrogen) atoms. The number of thioether (sulfide) groups is 1. The van der Waals surface area contributed by atoms with Gasteiger partial charge in [-0.1, -0.05) is 22.0 Å². The first-order valence-corrected chi connectivity index (χ1v) is 8.22. The van der Waals surface area contributed by atoms with Crippen LogP contribution in [0.5, 0.6) is 0 Å². The highest BCUT2D eigenvalue weighted by molar-refractivity contribution is 9.10. The van der Waals surface area contributed by atoms with E-state index >= 15 is 0 Å². The van der Waals surface area contributed by atoms with Crippen molar-refractivity contribution in [2.45, 2.75) is 30.3 Å². The van der Waals surface area contributed by atoms with E-state index in [2.05, 4.69) is 58.4 Å². The molecule has 1 N–H and O–H groups in total. The van der Waals surface area contributed by atoms with Crippen molar-refractivity contribution in [2.24, 2.45) is 0 Å². The Kier molecular flexibility index (Phi) is 5.55. The third-order valence-corrected chi connectivity index (χ3v) is 4.55. The maximum absolute atomic E-state index is 3.59. The molecule has 0 bridgehead atoms. The first kappa shape index (κ1) is 14.4. The first-order valence-electron chi connectivity index (χ1n) is 6.44. The van der Waals surface area contributed by atoms with Crippen molar-refractivity contribution in [3.05, 3.63) is 28.2 Å². The summed E-state index contributed by atoms with van der Waals surface area (Å²) in [7, 11) is 4.24. The average molecular weight is 329 g/mol. The second-order valence-corrected chi connectivity index (χ2v) is 7.11. The van der Waals surface area contributed by atoms with E-state index in [9.17, 15) is 0 Å². The molecule has 0 aromatic heterocycles. The molecule has 1 aromatic carbocycles. The van der Waals surface area contributed by atoms with Crippen molar-refractivity contribution in [3.63, 3.8) is 0 Å². The normalized spacial score (nSPS) is 15.3. The van der Waals surface area contributed by atoms with Crippen molar-refractivity contribution in [1.29, 1.82) is 0 Å². The molecule has 0 amide bonds. The van der Waals surface area contributed by atoms with Gasteiger partial charge in [-0.3, -0.25) is 0 Å². The van der Waals surface area contributed by atoms with Gasteiger partial charge in [-0.2, -0.15) is 0 Å². The van der Waals surface area contributed by atoms with Crippen LogP contribution in [0.15, 0.2) is 27.6 Å².